The Morgan fingerprint density at radius 1 is 1.00 bits per heavy atom. The first-order valence-electron chi connectivity index (χ1n) is 8.68. The molecule has 0 aliphatic heterocycles. The van der Waals surface area contributed by atoms with Crippen molar-refractivity contribution >= 4 is 16.7 Å². The molecule has 0 unspecified atom stereocenters. The zero-order valence-corrected chi connectivity index (χ0v) is 15.7. The quantitative estimate of drug-likeness (QED) is 0.710. The third-order valence-electron chi connectivity index (χ3n) is 4.63. The van der Waals surface area contributed by atoms with E-state index in [4.69, 9.17) is 0 Å². The first-order chi connectivity index (χ1) is 12.5. The Morgan fingerprint density at radius 2 is 1.65 bits per heavy atom. The molecule has 1 amide bonds. The molecule has 26 heavy (non-hydrogen) atoms. The van der Waals surface area contributed by atoms with Crippen molar-refractivity contribution in [1.29, 1.82) is 0 Å². The molecule has 5 heteroatoms. The summed E-state index contributed by atoms with van der Waals surface area (Å²) < 4.78 is 0. The summed E-state index contributed by atoms with van der Waals surface area (Å²) in [6.07, 6.45) is 3.68. The molecule has 3 rings (SSSR count). The van der Waals surface area contributed by atoms with E-state index in [0.717, 1.165) is 16.5 Å². The number of hydrogen-bond donors (Lipinski definition) is 0. The minimum atomic E-state index is -0.192. The third-order valence-corrected chi connectivity index (χ3v) is 4.63. The highest BCUT2D eigenvalue weighted by molar-refractivity contribution is 5.94. The summed E-state index contributed by atoms with van der Waals surface area (Å²) in [5, 5.41) is 2.32. The molecule has 0 aliphatic carbocycles. The Labute approximate surface area is 154 Å². The van der Waals surface area contributed by atoms with Gasteiger partial charge in [0.25, 0.3) is 0 Å². The molecule has 1 aromatic heterocycles. The van der Waals surface area contributed by atoms with E-state index < -0.39 is 0 Å². The van der Waals surface area contributed by atoms with Crippen LogP contribution in [0.15, 0.2) is 54.9 Å². The fourth-order valence-corrected chi connectivity index (χ4v) is 2.98. The predicted molar refractivity (Wildman–Crippen MR) is 105 cm³/mol. The number of carbonyl (C=O) groups is 1. The summed E-state index contributed by atoms with van der Waals surface area (Å²) in [5.74, 6) is 0.798. The van der Waals surface area contributed by atoms with Gasteiger partial charge in [0, 0.05) is 44.2 Å². The molecule has 0 saturated carbocycles. The van der Waals surface area contributed by atoms with Crippen LogP contribution in [0.4, 0.5) is 0 Å². The Hall–Kier alpha value is -2.79. The van der Waals surface area contributed by atoms with Crippen LogP contribution in [0.2, 0.25) is 0 Å². The first kappa shape index (κ1) is 18.0. The molecule has 0 radical (unpaired) electrons. The van der Waals surface area contributed by atoms with Crippen molar-refractivity contribution in [3.05, 3.63) is 60.4 Å². The van der Waals surface area contributed by atoms with Crippen LogP contribution in [0, 0.1) is 0 Å². The number of fused-ring (bicyclic) bond motifs is 1. The maximum atomic E-state index is 12.1. The van der Waals surface area contributed by atoms with E-state index in [2.05, 4.69) is 28.2 Å². The lowest BCUT2D eigenvalue weighted by Crippen LogP contribution is -2.42. The van der Waals surface area contributed by atoms with Crippen LogP contribution in [0.5, 0.6) is 0 Å². The number of aromatic nitrogens is 2. The largest absolute Gasteiger partial charge is 0.347 e. The number of benzene rings is 2. The van der Waals surface area contributed by atoms with E-state index in [0.29, 0.717) is 12.4 Å². The molecule has 1 atom stereocenters. The van der Waals surface area contributed by atoms with Crippen molar-refractivity contribution in [3.8, 4) is 11.4 Å². The van der Waals surface area contributed by atoms with E-state index in [9.17, 15) is 4.79 Å². The molecule has 2 aromatic carbocycles. The highest BCUT2D eigenvalue weighted by atomic mass is 16.2. The molecular weight excluding hydrogens is 324 g/mol. The molecule has 0 saturated heterocycles. The van der Waals surface area contributed by atoms with Gasteiger partial charge in [-0.25, -0.2) is 9.97 Å². The van der Waals surface area contributed by atoms with Crippen LogP contribution in [0.1, 0.15) is 12.5 Å². The maximum absolute atomic E-state index is 12.1. The molecule has 5 nitrogen and oxygen atoms in total. The number of likely N-dealkylation sites (N-methyl/N-ethyl adjacent to an activating group) is 2. The minimum Gasteiger partial charge on any atom is -0.347 e. The Balaban J connectivity index is 1.79. The minimum absolute atomic E-state index is 0.0841. The molecule has 0 spiro atoms. The van der Waals surface area contributed by atoms with Gasteiger partial charge in [-0.05, 0) is 24.7 Å². The van der Waals surface area contributed by atoms with Crippen molar-refractivity contribution < 1.29 is 4.79 Å². The Kier molecular flexibility index (Phi) is 5.28. The predicted octanol–water partition coefficient (Wildman–Crippen LogP) is 3.21. The summed E-state index contributed by atoms with van der Waals surface area (Å²) >= 11 is 0. The molecule has 0 fully saturated rings. The summed E-state index contributed by atoms with van der Waals surface area (Å²) in [6.45, 7) is 2.53. The van der Waals surface area contributed by atoms with E-state index in [-0.39, 0.29) is 11.9 Å². The van der Waals surface area contributed by atoms with E-state index >= 15 is 0 Å². The van der Waals surface area contributed by atoms with Gasteiger partial charge in [-0.3, -0.25) is 9.69 Å². The second kappa shape index (κ2) is 7.62. The number of amides is 1. The van der Waals surface area contributed by atoms with Gasteiger partial charge in [-0.1, -0.05) is 42.5 Å². The van der Waals surface area contributed by atoms with Crippen molar-refractivity contribution in [2.75, 3.05) is 21.1 Å². The van der Waals surface area contributed by atoms with E-state index in [1.54, 1.807) is 19.0 Å². The lowest BCUT2D eigenvalue weighted by Gasteiger charge is -2.26. The second-order valence-corrected chi connectivity index (χ2v) is 6.77. The van der Waals surface area contributed by atoms with Crippen molar-refractivity contribution in [2.24, 2.45) is 0 Å². The monoisotopic (exact) mass is 348 g/mol. The Morgan fingerprint density at radius 3 is 2.35 bits per heavy atom. The zero-order chi connectivity index (χ0) is 18.7. The fourth-order valence-electron chi connectivity index (χ4n) is 2.98. The lowest BCUT2D eigenvalue weighted by molar-refractivity contribution is -0.133. The van der Waals surface area contributed by atoms with Gasteiger partial charge in [0.1, 0.15) is 0 Å². The molecular formula is C21H24N4O. The number of rotatable bonds is 5. The van der Waals surface area contributed by atoms with Crippen LogP contribution in [0.3, 0.4) is 0 Å². The van der Waals surface area contributed by atoms with Crippen LogP contribution in [-0.4, -0.2) is 52.9 Å². The summed E-state index contributed by atoms with van der Waals surface area (Å²) in [4.78, 5) is 24.8. The van der Waals surface area contributed by atoms with Gasteiger partial charge in [-0.2, -0.15) is 0 Å². The van der Waals surface area contributed by atoms with E-state index in [1.807, 2.05) is 55.5 Å². The normalized spacial score (nSPS) is 12.3. The standard InChI is InChI=1S/C21H24N4O/c1-15(21(26)24(2)3)25(4)14-16-12-22-20(23-13-16)19-11-7-9-17-8-5-6-10-18(17)19/h5-13,15H,14H2,1-4H3/t15-/m0/s1. The smallest absolute Gasteiger partial charge is 0.239 e. The summed E-state index contributed by atoms with van der Waals surface area (Å²) in [6, 6.07) is 14.2. The Bertz CT molecular complexity index is 900. The molecule has 0 bridgehead atoms. The van der Waals surface area contributed by atoms with Crippen LogP contribution < -0.4 is 0 Å². The van der Waals surface area contributed by atoms with Crippen LogP contribution in [0.25, 0.3) is 22.2 Å². The van der Waals surface area contributed by atoms with Crippen molar-refractivity contribution in [2.45, 2.75) is 19.5 Å². The van der Waals surface area contributed by atoms with Crippen LogP contribution >= 0.6 is 0 Å². The average molecular weight is 348 g/mol. The average Bonchev–Trinajstić information content (AvgIpc) is 2.67. The highest BCUT2D eigenvalue weighted by Gasteiger charge is 2.19. The molecule has 0 aliphatic rings. The van der Waals surface area contributed by atoms with Gasteiger partial charge in [0.15, 0.2) is 5.82 Å². The second-order valence-electron chi connectivity index (χ2n) is 6.77. The number of carbonyl (C=O) groups excluding carboxylic acids is 1. The van der Waals surface area contributed by atoms with Gasteiger partial charge in [0.05, 0.1) is 6.04 Å². The lowest BCUT2D eigenvalue weighted by atomic mass is 10.0. The SMILES string of the molecule is C[C@@H](C(=O)N(C)C)N(C)Cc1cnc(-c2cccc3ccccc23)nc1. The van der Waals surface area contributed by atoms with Gasteiger partial charge in [0.2, 0.25) is 5.91 Å². The third kappa shape index (κ3) is 3.73. The van der Waals surface area contributed by atoms with Crippen LogP contribution in [-0.2, 0) is 11.3 Å². The number of nitrogens with zero attached hydrogens (tertiary/aromatic N) is 4. The molecule has 134 valence electrons. The zero-order valence-electron chi connectivity index (χ0n) is 15.7. The van der Waals surface area contributed by atoms with E-state index in [1.165, 1.54) is 5.39 Å². The molecule has 1 heterocycles. The van der Waals surface area contributed by atoms with Gasteiger partial charge in [-0.15, -0.1) is 0 Å². The first-order valence-corrected chi connectivity index (χ1v) is 8.68. The van der Waals surface area contributed by atoms with Gasteiger partial charge < -0.3 is 4.90 Å². The summed E-state index contributed by atoms with van der Waals surface area (Å²) in [5.41, 5.74) is 2.01. The fraction of sp³-hybridized carbons (Fsp3) is 0.286. The topological polar surface area (TPSA) is 49.3 Å². The highest BCUT2D eigenvalue weighted by Crippen LogP contribution is 2.25. The van der Waals surface area contributed by atoms with Crippen molar-refractivity contribution in [3.63, 3.8) is 0 Å². The maximum Gasteiger partial charge on any atom is 0.239 e. The molecule has 3 aromatic rings. The molecule has 0 N–H and O–H groups in total. The number of hydrogen-bond acceptors (Lipinski definition) is 4. The van der Waals surface area contributed by atoms with Crippen molar-refractivity contribution in [1.82, 2.24) is 19.8 Å². The summed E-state index contributed by atoms with van der Waals surface area (Å²) in [7, 11) is 5.48. The van der Waals surface area contributed by atoms with Gasteiger partial charge >= 0.3 is 0 Å².